The Morgan fingerprint density at radius 2 is 2.26 bits per heavy atom. The summed E-state index contributed by atoms with van der Waals surface area (Å²) in [7, 11) is 1.94. The molecule has 1 unspecified atom stereocenters. The third kappa shape index (κ3) is 3.85. The number of benzene rings is 1. The van der Waals surface area contributed by atoms with Crippen molar-refractivity contribution in [1.29, 1.82) is 0 Å². The summed E-state index contributed by atoms with van der Waals surface area (Å²) in [6.45, 7) is 2.65. The number of carbonyl (C=O) groups excluding carboxylic acids is 1. The van der Waals surface area contributed by atoms with Crippen LogP contribution < -0.4 is 5.32 Å². The minimum atomic E-state index is 0.142. The smallest absolute Gasteiger partial charge is 0.227 e. The molecular formula is C14H18Cl2N2O. The van der Waals surface area contributed by atoms with Crippen molar-refractivity contribution in [1.82, 2.24) is 10.2 Å². The van der Waals surface area contributed by atoms with Crippen molar-refractivity contribution >= 4 is 29.1 Å². The number of halogens is 2. The highest BCUT2D eigenvalue weighted by molar-refractivity contribution is 6.35. The van der Waals surface area contributed by atoms with Crippen LogP contribution in [0.25, 0.3) is 0 Å². The van der Waals surface area contributed by atoms with E-state index >= 15 is 0 Å². The maximum Gasteiger partial charge on any atom is 0.227 e. The summed E-state index contributed by atoms with van der Waals surface area (Å²) in [5.74, 6) is 0.706. The molecule has 19 heavy (non-hydrogen) atoms. The number of amides is 1. The number of carbonyl (C=O) groups is 1. The van der Waals surface area contributed by atoms with Gasteiger partial charge < -0.3 is 10.2 Å². The van der Waals surface area contributed by atoms with Gasteiger partial charge in [0.25, 0.3) is 0 Å². The van der Waals surface area contributed by atoms with Crippen LogP contribution in [0.5, 0.6) is 0 Å². The first-order valence-electron chi connectivity index (χ1n) is 6.46. The number of nitrogens with zero attached hydrogens (tertiary/aromatic N) is 1. The third-order valence-corrected chi connectivity index (χ3v) is 4.08. The van der Waals surface area contributed by atoms with E-state index < -0.39 is 0 Å². The molecule has 1 aliphatic heterocycles. The average molecular weight is 301 g/mol. The monoisotopic (exact) mass is 300 g/mol. The van der Waals surface area contributed by atoms with Crippen molar-refractivity contribution in [3.05, 3.63) is 33.8 Å². The van der Waals surface area contributed by atoms with Gasteiger partial charge >= 0.3 is 0 Å². The molecule has 1 atom stereocenters. The van der Waals surface area contributed by atoms with Crippen molar-refractivity contribution in [2.75, 3.05) is 26.7 Å². The van der Waals surface area contributed by atoms with Gasteiger partial charge in [0, 0.05) is 23.1 Å². The maximum atomic E-state index is 12.2. The minimum Gasteiger partial charge on any atom is -0.342 e. The molecule has 2 rings (SSSR count). The molecule has 0 aliphatic carbocycles. The van der Waals surface area contributed by atoms with Gasteiger partial charge in [0.15, 0.2) is 0 Å². The van der Waals surface area contributed by atoms with Crippen LogP contribution in [0.1, 0.15) is 12.0 Å². The average Bonchev–Trinajstić information content (AvgIpc) is 2.82. The fourth-order valence-corrected chi connectivity index (χ4v) is 2.93. The summed E-state index contributed by atoms with van der Waals surface area (Å²) in [4.78, 5) is 14.1. The van der Waals surface area contributed by atoms with Gasteiger partial charge in [-0.2, -0.15) is 0 Å². The summed E-state index contributed by atoms with van der Waals surface area (Å²) >= 11 is 11.9. The van der Waals surface area contributed by atoms with Gasteiger partial charge in [0.05, 0.1) is 6.42 Å². The van der Waals surface area contributed by atoms with Crippen molar-refractivity contribution < 1.29 is 4.79 Å². The van der Waals surface area contributed by atoms with Crippen LogP contribution in [0.15, 0.2) is 18.2 Å². The van der Waals surface area contributed by atoms with Crippen molar-refractivity contribution in [2.24, 2.45) is 5.92 Å². The normalized spacial score (nSPS) is 18.9. The zero-order valence-electron chi connectivity index (χ0n) is 11.0. The van der Waals surface area contributed by atoms with E-state index in [1.165, 1.54) is 0 Å². The van der Waals surface area contributed by atoms with Gasteiger partial charge in [-0.3, -0.25) is 4.79 Å². The number of hydrogen-bond donors (Lipinski definition) is 1. The second-order valence-corrected chi connectivity index (χ2v) is 5.81. The van der Waals surface area contributed by atoms with Crippen LogP contribution in [-0.4, -0.2) is 37.5 Å². The molecule has 0 bridgehead atoms. The Morgan fingerprint density at radius 3 is 2.95 bits per heavy atom. The van der Waals surface area contributed by atoms with E-state index in [1.54, 1.807) is 12.1 Å². The Morgan fingerprint density at radius 1 is 1.47 bits per heavy atom. The fraction of sp³-hybridized carbons (Fsp3) is 0.500. The first-order valence-corrected chi connectivity index (χ1v) is 7.22. The van der Waals surface area contributed by atoms with Gasteiger partial charge in [0.1, 0.15) is 0 Å². The molecule has 0 spiro atoms. The highest BCUT2D eigenvalue weighted by Gasteiger charge is 2.25. The van der Waals surface area contributed by atoms with Gasteiger partial charge in [-0.1, -0.05) is 29.3 Å². The molecule has 1 fully saturated rings. The molecule has 1 aromatic carbocycles. The second kappa shape index (κ2) is 6.60. The zero-order chi connectivity index (χ0) is 13.8. The van der Waals surface area contributed by atoms with Gasteiger partial charge in [-0.05, 0) is 43.6 Å². The number of nitrogens with one attached hydrogen (secondary N) is 1. The fourth-order valence-electron chi connectivity index (χ4n) is 2.45. The van der Waals surface area contributed by atoms with Crippen molar-refractivity contribution in [3.8, 4) is 0 Å². The molecule has 0 radical (unpaired) electrons. The molecule has 1 aliphatic rings. The molecule has 3 nitrogen and oxygen atoms in total. The standard InChI is InChI=1S/C14H18Cl2N2O/c1-17-8-10-4-5-18(9-10)14(19)6-11-2-3-12(15)7-13(11)16/h2-3,7,10,17H,4-6,8-9H2,1H3. The van der Waals surface area contributed by atoms with E-state index in [0.29, 0.717) is 22.4 Å². The summed E-state index contributed by atoms with van der Waals surface area (Å²) < 4.78 is 0. The first kappa shape index (κ1) is 14.6. The summed E-state index contributed by atoms with van der Waals surface area (Å²) in [6.07, 6.45) is 1.42. The Hall–Kier alpha value is -0.770. The first-order chi connectivity index (χ1) is 9.10. The van der Waals surface area contributed by atoms with Crippen LogP contribution in [0, 0.1) is 5.92 Å². The van der Waals surface area contributed by atoms with Crippen LogP contribution >= 0.6 is 23.2 Å². The van der Waals surface area contributed by atoms with Gasteiger partial charge in [-0.25, -0.2) is 0 Å². The predicted octanol–water partition coefficient (Wildman–Crippen LogP) is 2.60. The molecule has 0 aromatic heterocycles. The summed E-state index contributed by atoms with van der Waals surface area (Å²) in [5, 5.41) is 4.32. The van der Waals surface area contributed by atoms with E-state index in [4.69, 9.17) is 23.2 Å². The number of hydrogen-bond acceptors (Lipinski definition) is 2. The van der Waals surface area contributed by atoms with E-state index in [2.05, 4.69) is 5.32 Å². The molecule has 1 saturated heterocycles. The van der Waals surface area contributed by atoms with Crippen molar-refractivity contribution in [3.63, 3.8) is 0 Å². The summed E-state index contributed by atoms with van der Waals surface area (Å²) in [6, 6.07) is 5.27. The third-order valence-electron chi connectivity index (χ3n) is 3.49. The van der Waals surface area contributed by atoms with E-state index in [9.17, 15) is 4.79 Å². The molecule has 0 saturated carbocycles. The lowest BCUT2D eigenvalue weighted by Crippen LogP contribution is -2.31. The zero-order valence-corrected chi connectivity index (χ0v) is 12.5. The molecule has 5 heteroatoms. The van der Waals surface area contributed by atoms with Crippen LogP contribution in [-0.2, 0) is 11.2 Å². The van der Waals surface area contributed by atoms with E-state index in [-0.39, 0.29) is 5.91 Å². The predicted molar refractivity (Wildman–Crippen MR) is 78.8 cm³/mol. The molecular weight excluding hydrogens is 283 g/mol. The van der Waals surface area contributed by atoms with Crippen molar-refractivity contribution in [2.45, 2.75) is 12.8 Å². The largest absolute Gasteiger partial charge is 0.342 e. The Kier molecular flexibility index (Phi) is 5.08. The molecule has 1 heterocycles. The SMILES string of the molecule is CNCC1CCN(C(=O)Cc2ccc(Cl)cc2Cl)C1. The Bertz CT molecular complexity index is 465. The minimum absolute atomic E-state index is 0.142. The highest BCUT2D eigenvalue weighted by atomic mass is 35.5. The van der Waals surface area contributed by atoms with Crippen LogP contribution in [0.2, 0.25) is 10.0 Å². The molecule has 1 aromatic rings. The lowest BCUT2D eigenvalue weighted by molar-refractivity contribution is -0.129. The van der Waals surface area contributed by atoms with Gasteiger partial charge in [0.2, 0.25) is 5.91 Å². The summed E-state index contributed by atoms with van der Waals surface area (Å²) in [5.41, 5.74) is 0.841. The highest BCUT2D eigenvalue weighted by Crippen LogP contribution is 2.23. The van der Waals surface area contributed by atoms with Crippen LogP contribution in [0.4, 0.5) is 0 Å². The van der Waals surface area contributed by atoms with E-state index in [1.807, 2.05) is 18.0 Å². The van der Waals surface area contributed by atoms with E-state index in [0.717, 1.165) is 31.6 Å². The van der Waals surface area contributed by atoms with Crippen LogP contribution in [0.3, 0.4) is 0 Å². The number of likely N-dealkylation sites (tertiary alicyclic amines) is 1. The lowest BCUT2D eigenvalue weighted by Gasteiger charge is -2.17. The Labute approximate surface area is 123 Å². The Balaban J connectivity index is 1.94. The second-order valence-electron chi connectivity index (χ2n) is 4.96. The quantitative estimate of drug-likeness (QED) is 0.927. The molecule has 1 amide bonds. The topological polar surface area (TPSA) is 32.3 Å². The number of rotatable bonds is 4. The molecule has 1 N–H and O–H groups in total. The van der Waals surface area contributed by atoms with Gasteiger partial charge in [-0.15, -0.1) is 0 Å². The lowest BCUT2D eigenvalue weighted by atomic mass is 10.1. The maximum absolute atomic E-state index is 12.2. The molecule has 104 valence electrons.